The maximum Gasteiger partial charge on any atom is 0.224 e. The summed E-state index contributed by atoms with van der Waals surface area (Å²) in [4.78, 5) is 13.1. The number of carbonyl (C=O) groups excluding carboxylic acids is 1. The first-order chi connectivity index (χ1) is 11.6. The number of hydrogen-bond acceptors (Lipinski definition) is 6. The molecule has 3 N–H and O–H groups in total. The maximum absolute atomic E-state index is 12.0. The molecule has 0 aliphatic carbocycles. The fraction of sp³-hybridized carbons (Fsp3) is 0.471. The molecule has 0 aliphatic rings. The number of nitrogens with two attached hydrogens (primary N) is 1. The molecule has 0 unspecified atom stereocenters. The summed E-state index contributed by atoms with van der Waals surface area (Å²) < 4.78 is 0.932. The summed E-state index contributed by atoms with van der Waals surface area (Å²) in [5, 5.41) is 12.1. The molecule has 0 spiro atoms. The summed E-state index contributed by atoms with van der Waals surface area (Å²) in [6.07, 6.45) is 4.66. The van der Waals surface area contributed by atoms with E-state index in [1.165, 1.54) is 0 Å². The van der Waals surface area contributed by atoms with E-state index in [0.717, 1.165) is 57.7 Å². The molecule has 0 radical (unpaired) electrons. The lowest BCUT2D eigenvalue weighted by Crippen LogP contribution is -2.12. The van der Waals surface area contributed by atoms with E-state index in [4.69, 9.17) is 5.73 Å². The Hall–Kier alpha value is -1.44. The zero-order chi connectivity index (χ0) is 17.4. The SMILES string of the molecule is Cc1nnc(Sc2ccc(NC(=O)CCCCCCN)c(C)c2)s1. The molecule has 0 atom stereocenters. The molecule has 0 fully saturated rings. The average Bonchev–Trinajstić information content (AvgIpc) is 2.95. The minimum Gasteiger partial charge on any atom is -0.330 e. The Morgan fingerprint density at radius 3 is 2.67 bits per heavy atom. The predicted molar refractivity (Wildman–Crippen MR) is 101 cm³/mol. The van der Waals surface area contributed by atoms with Crippen molar-refractivity contribution >= 4 is 34.7 Å². The molecule has 1 heterocycles. The Labute approximate surface area is 151 Å². The second-order valence-corrected chi connectivity index (χ2v) is 8.17. The van der Waals surface area contributed by atoms with Crippen LogP contribution in [0.25, 0.3) is 0 Å². The summed E-state index contributed by atoms with van der Waals surface area (Å²) in [6, 6.07) is 6.03. The van der Waals surface area contributed by atoms with Crippen LogP contribution in [0.2, 0.25) is 0 Å². The molecular formula is C17H24N4OS2. The van der Waals surface area contributed by atoms with Crippen molar-refractivity contribution in [3.63, 3.8) is 0 Å². The molecule has 7 heteroatoms. The summed E-state index contributed by atoms with van der Waals surface area (Å²) in [6.45, 7) is 4.68. The fourth-order valence-corrected chi connectivity index (χ4v) is 4.14. The van der Waals surface area contributed by atoms with Crippen LogP contribution in [0.4, 0.5) is 5.69 Å². The molecule has 0 saturated carbocycles. The van der Waals surface area contributed by atoms with Crippen molar-refractivity contribution in [1.29, 1.82) is 0 Å². The molecule has 1 aromatic carbocycles. The smallest absolute Gasteiger partial charge is 0.224 e. The van der Waals surface area contributed by atoms with Crippen molar-refractivity contribution in [3.05, 3.63) is 28.8 Å². The van der Waals surface area contributed by atoms with Crippen molar-refractivity contribution in [3.8, 4) is 0 Å². The van der Waals surface area contributed by atoms with E-state index in [-0.39, 0.29) is 5.91 Å². The summed E-state index contributed by atoms with van der Waals surface area (Å²) >= 11 is 3.17. The predicted octanol–water partition coefficient (Wildman–Crippen LogP) is 4.15. The zero-order valence-corrected chi connectivity index (χ0v) is 15.8. The van der Waals surface area contributed by atoms with Crippen LogP contribution in [0, 0.1) is 13.8 Å². The zero-order valence-electron chi connectivity index (χ0n) is 14.2. The van der Waals surface area contributed by atoms with E-state index < -0.39 is 0 Å². The first-order valence-electron chi connectivity index (χ1n) is 8.17. The van der Waals surface area contributed by atoms with Gasteiger partial charge in [0, 0.05) is 17.0 Å². The molecule has 0 saturated heterocycles. The van der Waals surface area contributed by atoms with Gasteiger partial charge < -0.3 is 11.1 Å². The van der Waals surface area contributed by atoms with Crippen molar-refractivity contribution in [2.45, 2.75) is 55.2 Å². The van der Waals surface area contributed by atoms with Gasteiger partial charge in [-0.05, 0) is 57.0 Å². The van der Waals surface area contributed by atoms with Gasteiger partial charge >= 0.3 is 0 Å². The van der Waals surface area contributed by atoms with E-state index in [9.17, 15) is 4.79 Å². The minimum atomic E-state index is 0.0750. The number of aryl methyl sites for hydroxylation is 2. The van der Waals surface area contributed by atoms with Gasteiger partial charge in [0.15, 0.2) is 4.34 Å². The van der Waals surface area contributed by atoms with E-state index in [1.807, 2.05) is 26.0 Å². The number of rotatable bonds is 9. The molecule has 5 nitrogen and oxygen atoms in total. The lowest BCUT2D eigenvalue weighted by atomic mass is 10.1. The molecule has 24 heavy (non-hydrogen) atoms. The number of aromatic nitrogens is 2. The van der Waals surface area contributed by atoms with Gasteiger partial charge in [0.2, 0.25) is 5.91 Å². The molecule has 130 valence electrons. The number of nitrogens with one attached hydrogen (secondary N) is 1. The first kappa shape index (κ1) is 18.9. The minimum absolute atomic E-state index is 0.0750. The number of nitrogens with zero attached hydrogens (tertiary/aromatic N) is 2. The number of amides is 1. The standard InChI is InChI=1S/C17H24N4OS2/c1-12-11-14(24-17-21-20-13(2)23-17)8-9-15(12)19-16(22)7-5-3-4-6-10-18/h8-9,11H,3-7,10,18H2,1-2H3,(H,19,22). The van der Waals surface area contributed by atoms with Crippen molar-refractivity contribution in [2.24, 2.45) is 5.73 Å². The Morgan fingerprint density at radius 2 is 2.00 bits per heavy atom. The van der Waals surface area contributed by atoms with E-state index in [2.05, 4.69) is 21.6 Å². The molecule has 1 aromatic heterocycles. The van der Waals surface area contributed by atoms with Crippen LogP contribution < -0.4 is 11.1 Å². The van der Waals surface area contributed by atoms with Gasteiger partial charge in [-0.3, -0.25) is 4.79 Å². The van der Waals surface area contributed by atoms with Gasteiger partial charge in [0.05, 0.1) is 0 Å². The number of anilines is 1. The first-order valence-corrected chi connectivity index (χ1v) is 9.80. The highest BCUT2D eigenvalue weighted by Crippen LogP contribution is 2.32. The lowest BCUT2D eigenvalue weighted by Gasteiger charge is -2.09. The molecule has 2 aromatic rings. The number of carbonyl (C=O) groups is 1. The fourth-order valence-electron chi connectivity index (χ4n) is 2.26. The third-order valence-corrected chi connectivity index (χ3v) is 5.42. The Balaban J connectivity index is 1.84. The van der Waals surface area contributed by atoms with E-state index >= 15 is 0 Å². The van der Waals surface area contributed by atoms with Gasteiger partial charge in [-0.15, -0.1) is 10.2 Å². The van der Waals surface area contributed by atoms with Crippen LogP contribution in [0.5, 0.6) is 0 Å². The van der Waals surface area contributed by atoms with Gasteiger partial charge in [-0.25, -0.2) is 0 Å². The van der Waals surface area contributed by atoms with Crippen molar-refractivity contribution in [2.75, 3.05) is 11.9 Å². The Bertz CT molecular complexity index is 672. The van der Waals surface area contributed by atoms with E-state index in [0.29, 0.717) is 6.42 Å². The summed E-state index contributed by atoms with van der Waals surface area (Å²) in [5.74, 6) is 0.0750. The molecule has 2 rings (SSSR count). The average molecular weight is 365 g/mol. The van der Waals surface area contributed by atoms with Gasteiger partial charge in [-0.2, -0.15) is 0 Å². The lowest BCUT2D eigenvalue weighted by molar-refractivity contribution is -0.116. The van der Waals surface area contributed by atoms with Crippen LogP contribution in [0.3, 0.4) is 0 Å². The van der Waals surface area contributed by atoms with Gasteiger partial charge in [0.25, 0.3) is 0 Å². The summed E-state index contributed by atoms with van der Waals surface area (Å²) in [7, 11) is 0. The highest BCUT2D eigenvalue weighted by atomic mass is 32.2. The molecule has 1 amide bonds. The van der Waals surface area contributed by atoms with Crippen LogP contribution in [0.1, 0.15) is 42.7 Å². The van der Waals surface area contributed by atoms with Crippen LogP contribution in [-0.2, 0) is 4.79 Å². The quantitative estimate of drug-likeness (QED) is 0.653. The third-order valence-electron chi connectivity index (χ3n) is 3.54. The van der Waals surface area contributed by atoms with Crippen LogP contribution in [-0.4, -0.2) is 22.6 Å². The normalized spacial score (nSPS) is 10.8. The van der Waals surface area contributed by atoms with Crippen LogP contribution in [0.15, 0.2) is 27.4 Å². The highest BCUT2D eigenvalue weighted by Gasteiger charge is 2.08. The van der Waals surface area contributed by atoms with Crippen molar-refractivity contribution in [1.82, 2.24) is 10.2 Å². The second kappa shape index (κ2) is 9.76. The monoisotopic (exact) mass is 364 g/mol. The number of benzene rings is 1. The number of unbranched alkanes of at least 4 members (excludes halogenated alkanes) is 3. The molecule has 0 bridgehead atoms. The Kier molecular flexibility index (Phi) is 7.68. The van der Waals surface area contributed by atoms with Crippen LogP contribution >= 0.6 is 23.1 Å². The Morgan fingerprint density at radius 1 is 1.21 bits per heavy atom. The molecule has 0 aliphatic heterocycles. The largest absolute Gasteiger partial charge is 0.330 e. The number of hydrogen-bond donors (Lipinski definition) is 2. The maximum atomic E-state index is 12.0. The second-order valence-electron chi connectivity index (χ2n) is 5.67. The topological polar surface area (TPSA) is 80.9 Å². The van der Waals surface area contributed by atoms with Gasteiger partial charge in [-0.1, -0.05) is 35.9 Å². The third kappa shape index (κ3) is 6.22. The van der Waals surface area contributed by atoms with E-state index in [1.54, 1.807) is 23.1 Å². The molecular weight excluding hydrogens is 340 g/mol. The van der Waals surface area contributed by atoms with Crippen molar-refractivity contribution < 1.29 is 4.79 Å². The van der Waals surface area contributed by atoms with Gasteiger partial charge in [0.1, 0.15) is 5.01 Å². The summed E-state index contributed by atoms with van der Waals surface area (Å²) in [5.41, 5.74) is 7.39. The highest BCUT2D eigenvalue weighted by molar-refractivity contribution is 8.01.